The molecule has 0 saturated carbocycles. The van der Waals surface area contributed by atoms with Crippen LogP contribution in [0.1, 0.15) is 30.9 Å². The van der Waals surface area contributed by atoms with Crippen molar-refractivity contribution in [1.82, 2.24) is 4.90 Å². The third-order valence-electron chi connectivity index (χ3n) is 4.00. The van der Waals surface area contributed by atoms with E-state index < -0.39 is 0 Å². The molecule has 1 saturated heterocycles. The average Bonchev–Trinajstić information content (AvgIpc) is 2.91. The molecule has 1 fully saturated rings. The SMILES string of the molecule is CCc1ccc(CC(CN)CN2CCCC2)cc1. The lowest BCUT2D eigenvalue weighted by atomic mass is 9.97. The molecule has 1 aromatic rings. The van der Waals surface area contributed by atoms with Gasteiger partial charge in [0.2, 0.25) is 0 Å². The normalized spacial score (nSPS) is 18.1. The molecule has 2 rings (SSSR count). The smallest absolute Gasteiger partial charge is 0.00249 e. The Bertz CT molecular complexity index is 339. The Kier molecular flexibility index (Phi) is 5.21. The molecule has 1 aromatic carbocycles. The van der Waals surface area contributed by atoms with Gasteiger partial charge in [-0.15, -0.1) is 0 Å². The van der Waals surface area contributed by atoms with E-state index in [0.29, 0.717) is 5.92 Å². The van der Waals surface area contributed by atoms with Gasteiger partial charge in [0.05, 0.1) is 0 Å². The second-order valence-corrected chi connectivity index (χ2v) is 5.48. The molecule has 1 aliphatic rings. The first kappa shape index (κ1) is 13.6. The lowest BCUT2D eigenvalue weighted by molar-refractivity contribution is 0.279. The van der Waals surface area contributed by atoms with Crippen molar-refractivity contribution in [3.05, 3.63) is 35.4 Å². The molecular formula is C16H26N2. The van der Waals surface area contributed by atoms with Crippen molar-refractivity contribution in [2.24, 2.45) is 11.7 Å². The highest BCUT2D eigenvalue weighted by atomic mass is 15.1. The number of benzene rings is 1. The van der Waals surface area contributed by atoms with Crippen LogP contribution in [0.5, 0.6) is 0 Å². The third kappa shape index (κ3) is 3.82. The Morgan fingerprint density at radius 1 is 1.11 bits per heavy atom. The van der Waals surface area contributed by atoms with Crippen LogP contribution in [0.2, 0.25) is 0 Å². The lowest BCUT2D eigenvalue weighted by Gasteiger charge is -2.22. The van der Waals surface area contributed by atoms with Gasteiger partial charge in [-0.05, 0) is 62.4 Å². The molecule has 1 heterocycles. The van der Waals surface area contributed by atoms with Crippen molar-refractivity contribution in [1.29, 1.82) is 0 Å². The van der Waals surface area contributed by atoms with Crippen LogP contribution < -0.4 is 5.73 Å². The predicted octanol–water partition coefficient (Wildman–Crippen LogP) is 2.46. The molecule has 1 atom stereocenters. The maximum Gasteiger partial charge on any atom is 0.00249 e. The van der Waals surface area contributed by atoms with Crippen LogP contribution >= 0.6 is 0 Å². The first-order valence-electron chi connectivity index (χ1n) is 7.32. The van der Waals surface area contributed by atoms with Gasteiger partial charge in [-0.3, -0.25) is 0 Å². The van der Waals surface area contributed by atoms with Crippen LogP contribution in [-0.2, 0) is 12.8 Å². The van der Waals surface area contributed by atoms with Crippen molar-refractivity contribution < 1.29 is 0 Å². The zero-order valence-electron chi connectivity index (χ0n) is 11.6. The summed E-state index contributed by atoms with van der Waals surface area (Å²) in [5.74, 6) is 0.607. The van der Waals surface area contributed by atoms with Crippen molar-refractivity contribution in [2.75, 3.05) is 26.2 Å². The van der Waals surface area contributed by atoms with Crippen LogP contribution in [0.15, 0.2) is 24.3 Å². The molecule has 2 nitrogen and oxygen atoms in total. The van der Waals surface area contributed by atoms with Crippen LogP contribution in [0.4, 0.5) is 0 Å². The van der Waals surface area contributed by atoms with Gasteiger partial charge in [0.1, 0.15) is 0 Å². The largest absolute Gasteiger partial charge is 0.330 e. The molecular weight excluding hydrogens is 220 g/mol. The number of aryl methyl sites for hydroxylation is 1. The summed E-state index contributed by atoms with van der Waals surface area (Å²) in [4.78, 5) is 2.57. The van der Waals surface area contributed by atoms with Crippen molar-refractivity contribution >= 4 is 0 Å². The fourth-order valence-corrected chi connectivity index (χ4v) is 2.80. The Hall–Kier alpha value is -0.860. The first-order valence-corrected chi connectivity index (χ1v) is 7.32. The van der Waals surface area contributed by atoms with E-state index in [-0.39, 0.29) is 0 Å². The molecule has 2 N–H and O–H groups in total. The molecule has 0 spiro atoms. The lowest BCUT2D eigenvalue weighted by Crippen LogP contribution is -2.32. The van der Waals surface area contributed by atoms with Crippen LogP contribution in [0, 0.1) is 5.92 Å². The Morgan fingerprint density at radius 2 is 1.72 bits per heavy atom. The van der Waals surface area contributed by atoms with Crippen molar-refractivity contribution in [2.45, 2.75) is 32.6 Å². The molecule has 0 aliphatic carbocycles. The highest BCUT2D eigenvalue weighted by Gasteiger charge is 2.16. The van der Waals surface area contributed by atoms with E-state index in [9.17, 15) is 0 Å². The first-order chi connectivity index (χ1) is 8.81. The fourth-order valence-electron chi connectivity index (χ4n) is 2.80. The van der Waals surface area contributed by atoms with Gasteiger partial charge in [0, 0.05) is 6.54 Å². The topological polar surface area (TPSA) is 29.3 Å². The summed E-state index contributed by atoms with van der Waals surface area (Å²) in [6, 6.07) is 9.04. The van der Waals surface area contributed by atoms with Crippen LogP contribution in [0.3, 0.4) is 0 Å². The van der Waals surface area contributed by atoms with E-state index >= 15 is 0 Å². The van der Waals surface area contributed by atoms with Gasteiger partial charge in [0.25, 0.3) is 0 Å². The van der Waals surface area contributed by atoms with Crippen molar-refractivity contribution in [3.63, 3.8) is 0 Å². The minimum Gasteiger partial charge on any atom is -0.330 e. The summed E-state index contributed by atoms with van der Waals surface area (Å²) in [5.41, 5.74) is 8.78. The van der Waals surface area contributed by atoms with Gasteiger partial charge < -0.3 is 10.6 Å². The number of likely N-dealkylation sites (tertiary alicyclic amines) is 1. The Morgan fingerprint density at radius 3 is 2.28 bits per heavy atom. The zero-order valence-corrected chi connectivity index (χ0v) is 11.6. The summed E-state index contributed by atoms with van der Waals surface area (Å²) >= 11 is 0. The number of hydrogen-bond donors (Lipinski definition) is 1. The quantitative estimate of drug-likeness (QED) is 0.835. The van der Waals surface area contributed by atoms with E-state index in [1.165, 1.54) is 43.6 Å². The Balaban J connectivity index is 1.87. The maximum atomic E-state index is 5.93. The fraction of sp³-hybridized carbons (Fsp3) is 0.625. The second-order valence-electron chi connectivity index (χ2n) is 5.48. The number of rotatable bonds is 6. The van der Waals surface area contributed by atoms with Gasteiger partial charge in [-0.1, -0.05) is 31.2 Å². The van der Waals surface area contributed by atoms with Gasteiger partial charge in [-0.2, -0.15) is 0 Å². The molecule has 0 bridgehead atoms. The standard InChI is InChI=1S/C16H26N2/c1-2-14-5-7-15(8-6-14)11-16(12-17)13-18-9-3-4-10-18/h5-8,16H,2-4,9-13,17H2,1H3. The van der Waals surface area contributed by atoms with E-state index in [4.69, 9.17) is 5.73 Å². The maximum absolute atomic E-state index is 5.93. The summed E-state index contributed by atoms with van der Waals surface area (Å²) in [6.07, 6.45) is 4.97. The van der Waals surface area contributed by atoms with Gasteiger partial charge in [-0.25, -0.2) is 0 Å². The van der Waals surface area contributed by atoms with Crippen LogP contribution in [0.25, 0.3) is 0 Å². The molecule has 100 valence electrons. The highest BCUT2D eigenvalue weighted by molar-refractivity contribution is 5.22. The number of nitrogens with two attached hydrogens (primary N) is 1. The van der Waals surface area contributed by atoms with Crippen molar-refractivity contribution in [3.8, 4) is 0 Å². The van der Waals surface area contributed by atoms with E-state index in [1.54, 1.807) is 0 Å². The minimum atomic E-state index is 0.607. The average molecular weight is 246 g/mol. The van der Waals surface area contributed by atoms with Crippen LogP contribution in [-0.4, -0.2) is 31.1 Å². The summed E-state index contributed by atoms with van der Waals surface area (Å²) in [7, 11) is 0. The van der Waals surface area contributed by atoms with Gasteiger partial charge >= 0.3 is 0 Å². The Labute approximate surface area is 111 Å². The molecule has 1 aliphatic heterocycles. The van der Waals surface area contributed by atoms with Gasteiger partial charge in [0.15, 0.2) is 0 Å². The zero-order chi connectivity index (χ0) is 12.8. The molecule has 1 unspecified atom stereocenters. The molecule has 0 radical (unpaired) electrons. The summed E-state index contributed by atoms with van der Waals surface area (Å²) < 4.78 is 0. The summed E-state index contributed by atoms with van der Waals surface area (Å²) in [5, 5.41) is 0. The number of hydrogen-bond acceptors (Lipinski definition) is 2. The molecule has 18 heavy (non-hydrogen) atoms. The molecule has 0 aromatic heterocycles. The molecule has 0 amide bonds. The molecule has 2 heteroatoms. The number of nitrogens with zero attached hydrogens (tertiary/aromatic N) is 1. The third-order valence-corrected chi connectivity index (χ3v) is 4.00. The summed E-state index contributed by atoms with van der Waals surface area (Å²) in [6.45, 7) is 6.71. The monoisotopic (exact) mass is 246 g/mol. The van der Waals surface area contributed by atoms with E-state index in [0.717, 1.165) is 19.4 Å². The van der Waals surface area contributed by atoms with E-state index in [2.05, 4.69) is 36.1 Å². The minimum absolute atomic E-state index is 0.607. The second kappa shape index (κ2) is 6.91. The highest BCUT2D eigenvalue weighted by Crippen LogP contribution is 2.14. The predicted molar refractivity (Wildman–Crippen MR) is 77.7 cm³/mol. The van der Waals surface area contributed by atoms with E-state index in [1.807, 2.05) is 0 Å².